The van der Waals surface area contributed by atoms with Crippen LogP contribution in [0.2, 0.25) is 0 Å². The maximum Gasteiger partial charge on any atom is 0.308 e. The number of carboxylic acid groups (broad SMARTS) is 1. The highest BCUT2D eigenvalue weighted by Crippen LogP contribution is 2.25. The summed E-state index contributed by atoms with van der Waals surface area (Å²) in [5.74, 6) is -2.27. The molecule has 6 heteroatoms. The van der Waals surface area contributed by atoms with Gasteiger partial charge in [0, 0.05) is 22.2 Å². The van der Waals surface area contributed by atoms with Crippen molar-refractivity contribution in [2.24, 2.45) is 11.8 Å². The molecule has 0 saturated carbocycles. The summed E-state index contributed by atoms with van der Waals surface area (Å²) >= 11 is 1.85. The molecule has 1 heterocycles. The third kappa shape index (κ3) is 2.88. The molecule has 1 fully saturated rings. The van der Waals surface area contributed by atoms with E-state index in [1.165, 1.54) is 17.0 Å². The van der Waals surface area contributed by atoms with Crippen LogP contribution in [-0.4, -0.2) is 35.0 Å². The molecule has 1 amide bonds. The molecule has 2 atom stereocenters. The van der Waals surface area contributed by atoms with Crippen LogP contribution in [0.15, 0.2) is 18.2 Å². The zero-order valence-corrected chi connectivity index (χ0v) is 12.4. The average Bonchev–Trinajstić information content (AvgIpc) is 2.74. The lowest BCUT2D eigenvalue weighted by Crippen LogP contribution is -2.30. The Morgan fingerprint density at radius 3 is 2.63 bits per heavy atom. The van der Waals surface area contributed by atoms with Gasteiger partial charge in [0.05, 0.1) is 5.92 Å². The number of halogens is 2. The third-order valence-electron chi connectivity index (χ3n) is 3.38. The van der Waals surface area contributed by atoms with Crippen LogP contribution in [0.5, 0.6) is 0 Å². The Hall–Kier alpha value is -1.18. The minimum absolute atomic E-state index is 0.0878. The maximum absolute atomic E-state index is 13.4. The number of carbonyl (C=O) groups excluding carboxylic acids is 1. The number of carbonyl (C=O) groups is 2. The van der Waals surface area contributed by atoms with Gasteiger partial charge in [-0.2, -0.15) is 0 Å². The van der Waals surface area contributed by atoms with Crippen LogP contribution >= 0.6 is 22.6 Å². The molecular formula is C13H13FINO3. The zero-order chi connectivity index (χ0) is 14.2. The van der Waals surface area contributed by atoms with E-state index >= 15 is 0 Å². The molecule has 0 bridgehead atoms. The molecular weight excluding hydrogens is 364 g/mol. The lowest BCUT2D eigenvalue weighted by atomic mass is 9.99. The van der Waals surface area contributed by atoms with Crippen molar-refractivity contribution >= 4 is 34.5 Å². The van der Waals surface area contributed by atoms with Crippen LogP contribution in [-0.2, 0) is 4.79 Å². The Labute approximate surface area is 123 Å². The minimum atomic E-state index is -0.892. The van der Waals surface area contributed by atoms with Crippen molar-refractivity contribution in [2.45, 2.75) is 6.92 Å². The number of aliphatic carboxylic acids is 1. The van der Waals surface area contributed by atoms with Crippen molar-refractivity contribution in [3.8, 4) is 0 Å². The van der Waals surface area contributed by atoms with Gasteiger partial charge in [-0.15, -0.1) is 0 Å². The Kier molecular flexibility index (Phi) is 4.07. The van der Waals surface area contributed by atoms with Gasteiger partial charge >= 0.3 is 5.97 Å². The SMILES string of the molecule is C[C@@H]1CN(C(=O)c2ccc(I)c(F)c2)C[C@H]1C(=O)O. The summed E-state index contributed by atoms with van der Waals surface area (Å²) in [4.78, 5) is 24.7. The van der Waals surface area contributed by atoms with E-state index in [0.29, 0.717) is 10.1 Å². The predicted molar refractivity (Wildman–Crippen MR) is 75.3 cm³/mol. The quantitative estimate of drug-likeness (QED) is 0.805. The van der Waals surface area contributed by atoms with E-state index in [2.05, 4.69) is 0 Å². The Balaban J connectivity index is 2.17. The van der Waals surface area contributed by atoms with Crippen molar-refractivity contribution in [3.63, 3.8) is 0 Å². The molecule has 1 aromatic carbocycles. The maximum atomic E-state index is 13.4. The van der Waals surface area contributed by atoms with Gasteiger partial charge in [-0.25, -0.2) is 4.39 Å². The number of carboxylic acids is 1. The second-order valence-corrected chi connectivity index (χ2v) is 5.92. The Bertz CT molecular complexity index is 535. The lowest BCUT2D eigenvalue weighted by Gasteiger charge is -2.16. The van der Waals surface area contributed by atoms with Gasteiger partial charge < -0.3 is 10.0 Å². The first kappa shape index (κ1) is 14.2. The topological polar surface area (TPSA) is 57.6 Å². The molecule has 4 nitrogen and oxygen atoms in total. The van der Waals surface area contributed by atoms with E-state index in [1.807, 2.05) is 22.6 Å². The largest absolute Gasteiger partial charge is 0.481 e. The molecule has 0 spiro atoms. The number of amides is 1. The van der Waals surface area contributed by atoms with Crippen molar-refractivity contribution in [1.29, 1.82) is 0 Å². The summed E-state index contributed by atoms with van der Waals surface area (Å²) < 4.78 is 13.9. The Morgan fingerprint density at radius 2 is 2.11 bits per heavy atom. The van der Waals surface area contributed by atoms with Gasteiger partial charge in [-0.3, -0.25) is 9.59 Å². The molecule has 0 aliphatic carbocycles. The molecule has 102 valence electrons. The van der Waals surface area contributed by atoms with Crippen LogP contribution in [0.1, 0.15) is 17.3 Å². The van der Waals surface area contributed by atoms with Crippen molar-refractivity contribution in [2.75, 3.05) is 13.1 Å². The normalized spacial score (nSPS) is 22.6. The molecule has 0 radical (unpaired) electrons. The first-order valence-corrected chi connectivity index (χ1v) is 6.95. The van der Waals surface area contributed by atoms with E-state index in [4.69, 9.17) is 5.11 Å². The van der Waals surface area contributed by atoms with Crippen LogP contribution in [0.3, 0.4) is 0 Å². The highest BCUT2D eigenvalue weighted by molar-refractivity contribution is 14.1. The first-order valence-electron chi connectivity index (χ1n) is 5.87. The number of hydrogen-bond donors (Lipinski definition) is 1. The number of hydrogen-bond acceptors (Lipinski definition) is 2. The summed E-state index contributed by atoms with van der Waals surface area (Å²) in [5, 5.41) is 9.04. The van der Waals surface area contributed by atoms with Crippen LogP contribution in [0.4, 0.5) is 4.39 Å². The fourth-order valence-electron chi connectivity index (χ4n) is 2.27. The number of benzene rings is 1. The average molecular weight is 377 g/mol. The summed E-state index contributed by atoms with van der Waals surface area (Å²) in [6.45, 7) is 2.38. The minimum Gasteiger partial charge on any atom is -0.481 e. The van der Waals surface area contributed by atoms with Crippen molar-refractivity contribution in [1.82, 2.24) is 4.90 Å². The second kappa shape index (κ2) is 5.44. The highest BCUT2D eigenvalue weighted by atomic mass is 127. The standard InChI is InChI=1S/C13H13FINO3/c1-7-5-16(6-9(7)13(18)19)12(17)8-2-3-11(15)10(14)4-8/h2-4,7,9H,5-6H2,1H3,(H,18,19)/t7-,9-/m1/s1. The molecule has 2 rings (SSSR count). The van der Waals surface area contributed by atoms with Crippen molar-refractivity contribution in [3.05, 3.63) is 33.1 Å². The van der Waals surface area contributed by atoms with Gasteiger partial charge in [-0.1, -0.05) is 6.92 Å². The fraction of sp³-hybridized carbons (Fsp3) is 0.385. The summed E-state index contributed by atoms with van der Waals surface area (Å²) in [5.41, 5.74) is 0.260. The molecule has 1 aliphatic rings. The molecule has 1 N–H and O–H groups in total. The van der Waals surface area contributed by atoms with Crippen molar-refractivity contribution < 1.29 is 19.1 Å². The fourth-order valence-corrected chi connectivity index (χ4v) is 2.60. The second-order valence-electron chi connectivity index (χ2n) is 4.76. The highest BCUT2D eigenvalue weighted by Gasteiger charge is 2.37. The van der Waals surface area contributed by atoms with E-state index in [-0.39, 0.29) is 23.9 Å². The van der Waals surface area contributed by atoms with Gasteiger partial charge in [0.1, 0.15) is 5.82 Å². The van der Waals surface area contributed by atoms with E-state index in [1.54, 1.807) is 13.0 Å². The molecule has 1 aromatic rings. The zero-order valence-electron chi connectivity index (χ0n) is 10.3. The van der Waals surface area contributed by atoms with Crippen LogP contribution < -0.4 is 0 Å². The third-order valence-corrected chi connectivity index (χ3v) is 4.26. The molecule has 19 heavy (non-hydrogen) atoms. The van der Waals surface area contributed by atoms with Gasteiger partial charge in [0.25, 0.3) is 5.91 Å². The van der Waals surface area contributed by atoms with Gasteiger partial charge in [0.15, 0.2) is 0 Å². The van der Waals surface area contributed by atoms with E-state index in [9.17, 15) is 14.0 Å². The summed E-state index contributed by atoms with van der Waals surface area (Å²) in [7, 11) is 0. The summed E-state index contributed by atoms with van der Waals surface area (Å²) in [6, 6.07) is 4.30. The van der Waals surface area contributed by atoms with Gasteiger partial charge in [0.2, 0.25) is 0 Å². The summed E-state index contributed by atoms with van der Waals surface area (Å²) in [6.07, 6.45) is 0. The number of likely N-dealkylation sites (tertiary alicyclic amines) is 1. The number of rotatable bonds is 2. The van der Waals surface area contributed by atoms with E-state index in [0.717, 1.165) is 0 Å². The van der Waals surface area contributed by atoms with Crippen LogP contribution in [0.25, 0.3) is 0 Å². The van der Waals surface area contributed by atoms with Gasteiger partial charge in [-0.05, 0) is 46.7 Å². The van der Waals surface area contributed by atoms with E-state index < -0.39 is 17.7 Å². The molecule has 0 aromatic heterocycles. The molecule has 1 saturated heterocycles. The molecule has 1 aliphatic heterocycles. The predicted octanol–water partition coefficient (Wildman–Crippen LogP) is 2.22. The van der Waals surface area contributed by atoms with Crippen LogP contribution in [0, 0.1) is 21.2 Å². The molecule has 0 unspecified atom stereocenters. The Morgan fingerprint density at radius 1 is 1.42 bits per heavy atom. The smallest absolute Gasteiger partial charge is 0.308 e. The lowest BCUT2D eigenvalue weighted by molar-refractivity contribution is -0.142. The number of nitrogens with zero attached hydrogens (tertiary/aromatic N) is 1. The monoisotopic (exact) mass is 377 g/mol. The first-order chi connectivity index (χ1) is 8.90.